The number of hydrogen-bond acceptors (Lipinski definition) is 3. The van der Waals surface area contributed by atoms with Crippen LogP contribution in [0.25, 0.3) is 5.52 Å². The highest BCUT2D eigenvalue weighted by Gasteiger charge is 2.21. The third kappa shape index (κ3) is 1.97. The van der Waals surface area contributed by atoms with E-state index >= 15 is 0 Å². The van der Waals surface area contributed by atoms with E-state index in [0.717, 1.165) is 15.3 Å². The van der Waals surface area contributed by atoms with E-state index in [0.29, 0.717) is 5.92 Å². The molecule has 2 aromatic rings. The van der Waals surface area contributed by atoms with Gasteiger partial charge in [0.25, 0.3) is 0 Å². The molecule has 0 aliphatic heterocycles. The van der Waals surface area contributed by atoms with Crippen LogP contribution in [0, 0.1) is 0 Å². The summed E-state index contributed by atoms with van der Waals surface area (Å²) in [6.07, 6.45) is 8.35. The van der Waals surface area contributed by atoms with Crippen molar-refractivity contribution < 1.29 is 0 Å². The molecule has 0 saturated heterocycles. The van der Waals surface area contributed by atoms with Gasteiger partial charge in [-0.1, -0.05) is 19.3 Å². The first-order valence-electron chi connectivity index (χ1n) is 6.16. The summed E-state index contributed by atoms with van der Waals surface area (Å²) in [7, 11) is 0. The van der Waals surface area contributed by atoms with Gasteiger partial charge in [0.2, 0.25) is 0 Å². The molecule has 0 bridgehead atoms. The second-order valence-electron chi connectivity index (χ2n) is 4.77. The van der Waals surface area contributed by atoms with Crippen LogP contribution in [-0.4, -0.2) is 9.61 Å². The normalized spacial score (nSPS) is 17.8. The van der Waals surface area contributed by atoms with Gasteiger partial charge in [0.1, 0.15) is 0 Å². The lowest BCUT2D eigenvalue weighted by Gasteiger charge is -2.23. The van der Waals surface area contributed by atoms with Crippen LogP contribution in [-0.2, 0) is 0 Å². The Morgan fingerprint density at radius 1 is 1.06 bits per heavy atom. The van der Waals surface area contributed by atoms with Gasteiger partial charge >= 0.3 is 0 Å². The van der Waals surface area contributed by atoms with Gasteiger partial charge < -0.3 is 0 Å². The molecule has 0 spiro atoms. The molecule has 1 aliphatic rings. The van der Waals surface area contributed by atoms with E-state index in [4.69, 9.17) is 0 Å². The van der Waals surface area contributed by atoms with Crippen molar-refractivity contribution in [1.29, 1.82) is 0 Å². The highest BCUT2D eigenvalue weighted by Crippen LogP contribution is 2.36. The fraction of sp³-hybridized carbons (Fsp3) is 0.462. The van der Waals surface area contributed by atoms with E-state index in [1.807, 2.05) is 16.8 Å². The second kappa shape index (κ2) is 4.58. The molecule has 1 saturated carbocycles. The SMILES string of the molecule is Sc1ccc2c(S)cnn2c1C1CCCCC1. The molecule has 0 unspecified atom stereocenters. The molecular formula is C13H16N2S2. The first-order chi connectivity index (χ1) is 8.27. The molecule has 0 amide bonds. The zero-order chi connectivity index (χ0) is 11.8. The minimum Gasteiger partial charge on any atom is -0.235 e. The summed E-state index contributed by atoms with van der Waals surface area (Å²) in [4.78, 5) is 2.00. The molecule has 1 fully saturated rings. The monoisotopic (exact) mass is 264 g/mol. The van der Waals surface area contributed by atoms with Gasteiger partial charge in [0.05, 0.1) is 22.3 Å². The molecule has 0 atom stereocenters. The lowest BCUT2D eigenvalue weighted by molar-refractivity contribution is 0.426. The van der Waals surface area contributed by atoms with E-state index in [1.165, 1.54) is 37.8 Å². The molecule has 90 valence electrons. The lowest BCUT2D eigenvalue weighted by atomic mass is 9.86. The second-order valence-corrected chi connectivity index (χ2v) is 5.73. The first kappa shape index (κ1) is 11.5. The van der Waals surface area contributed by atoms with Crippen LogP contribution in [0.5, 0.6) is 0 Å². The minimum atomic E-state index is 0.604. The van der Waals surface area contributed by atoms with Crippen molar-refractivity contribution in [2.45, 2.75) is 47.8 Å². The third-order valence-corrected chi connectivity index (χ3v) is 4.39. The fourth-order valence-corrected chi connectivity index (χ4v) is 3.38. The standard InChI is InChI=1S/C13H16N2S2/c16-11-7-6-10-12(17)8-14-15(10)13(11)9-4-2-1-3-5-9/h6-9,16-17H,1-5H2. The maximum Gasteiger partial charge on any atom is 0.0799 e. The average Bonchev–Trinajstić information content (AvgIpc) is 2.72. The van der Waals surface area contributed by atoms with Crippen LogP contribution < -0.4 is 0 Å². The largest absolute Gasteiger partial charge is 0.235 e. The zero-order valence-electron chi connectivity index (χ0n) is 9.63. The molecule has 17 heavy (non-hydrogen) atoms. The van der Waals surface area contributed by atoms with Gasteiger partial charge in [0, 0.05) is 10.8 Å². The minimum absolute atomic E-state index is 0.604. The molecule has 2 aromatic heterocycles. The Bertz CT molecular complexity index is 542. The van der Waals surface area contributed by atoms with Crippen LogP contribution in [0.3, 0.4) is 0 Å². The van der Waals surface area contributed by atoms with Crippen molar-refractivity contribution in [3.63, 3.8) is 0 Å². The summed E-state index contributed by atoms with van der Waals surface area (Å²) < 4.78 is 2.03. The van der Waals surface area contributed by atoms with E-state index in [1.54, 1.807) is 0 Å². The van der Waals surface area contributed by atoms with Crippen LogP contribution in [0.1, 0.15) is 43.7 Å². The summed E-state index contributed by atoms with van der Waals surface area (Å²) in [5, 5.41) is 4.45. The number of rotatable bonds is 1. The van der Waals surface area contributed by atoms with Crippen molar-refractivity contribution in [2.24, 2.45) is 0 Å². The van der Waals surface area contributed by atoms with Gasteiger partial charge in [0.15, 0.2) is 0 Å². The van der Waals surface area contributed by atoms with Gasteiger partial charge in [-0.05, 0) is 25.0 Å². The molecule has 0 N–H and O–H groups in total. The highest BCUT2D eigenvalue weighted by molar-refractivity contribution is 7.80. The predicted octanol–water partition coefficient (Wildman–Crippen LogP) is 3.96. The Morgan fingerprint density at radius 3 is 2.59 bits per heavy atom. The quantitative estimate of drug-likeness (QED) is 0.746. The number of nitrogens with zero attached hydrogens (tertiary/aromatic N) is 2. The van der Waals surface area contributed by atoms with E-state index < -0.39 is 0 Å². The lowest BCUT2D eigenvalue weighted by Crippen LogP contribution is -2.11. The van der Waals surface area contributed by atoms with Crippen LogP contribution in [0.2, 0.25) is 0 Å². The van der Waals surface area contributed by atoms with Crippen molar-refractivity contribution in [2.75, 3.05) is 0 Å². The maximum atomic E-state index is 4.61. The van der Waals surface area contributed by atoms with Crippen molar-refractivity contribution in [3.8, 4) is 0 Å². The third-order valence-electron chi connectivity index (χ3n) is 3.67. The van der Waals surface area contributed by atoms with Crippen LogP contribution in [0.4, 0.5) is 0 Å². The molecule has 4 heteroatoms. The number of hydrogen-bond donors (Lipinski definition) is 2. The summed E-state index contributed by atoms with van der Waals surface area (Å²) in [5.74, 6) is 0.604. The number of aromatic nitrogens is 2. The van der Waals surface area contributed by atoms with E-state index in [-0.39, 0.29) is 0 Å². The summed E-state index contributed by atoms with van der Waals surface area (Å²) in [6, 6.07) is 4.12. The first-order valence-corrected chi connectivity index (χ1v) is 7.05. The topological polar surface area (TPSA) is 17.3 Å². The average molecular weight is 264 g/mol. The summed E-state index contributed by atoms with van der Waals surface area (Å²) >= 11 is 9.05. The zero-order valence-corrected chi connectivity index (χ0v) is 11.4. The predicted molar refractivity (Wildman–Crippen MR) is 75.5 cm³/mol. The van der Waals surface area contributed by atoms with Gasteiger partial charge in [-0.25, -0.2) is 4.52 Å². The van der Waals surface area contributed by atoms with Gasteiger partial charge in [-0.15, -0.1) is 25.3 Å². The number of fused-ring (bicyclic) bond motifs is 1. The molecular weight excluding hydrogens is 248 g/mol. The summed E-state index contributed by atoms with van der Waals surface area (Å²) in [5.41, 5.74) is 2.36. The molecule has 0 radical (unpaired) electrons. The Balaban J connectivity index is 2.15. The maximum absolute atomic E-state index is 4.61. The Morgan fingerprint density at radius 2 is 1.82 bits per heavy atom. The Kier molecular flexibility index (Phi) is 3.09. The molecule has 0 aromatic carbocycles. The fourth-order valence-electron chi connectivity index (χ4n) is 2.81. The van der Waals surface area contributed by atoms with Crippen molar-refractivity contribution in [3.05, 3.63) is 24.0 Å². The Hall–Kier alpha value is -0.610. The molecule has 2 nitrogen and oxygen atoms in total. The number of pyridine rings is 1. The smallest absolute Gasteiger partial charge is 0.0799 e. The van der Waals surface area contributed by atoms with Crippen molar-refractivity contribution >= 4 is 30.8 Å². The molecule has 2 heterocycles. The molecule has 3 rings (SSSR count). The van der Waals surface area contributed by atoms with Crippen LogP contribution >= 0.6 is 25.3 Å². The van der Waals surface area contributed by atoms with Gasteiger partial charge in [-0.3, -0.25) is 0 Å². The van der Waals surface area contributed by atoms with E-state index in [2.05, 4.69) is 36.4 Å². The Labute approximate surface area is 112 Å². The van der Waals surface area contributed by atoms with E-state index in [9.17, 15) is 0 Å². The highest BCUT2D eigenvalue weighted by atomic mass is 32.1. The van der Waals surface area contributed by atoms with Crippen LogP contribution in [0.15, 0.2) is 28.1 Å². The van der Waals surface area contributed by atoms with Crippen molar-refractivity contribution in [1.82, 2.24) is 9.61 Å². The molecule has 1 aliphatic carbocycles. The summed E-state index contributed by atoms with van der Waals surface area (Å²) in [6.45, 7) is 0. The van der Waals surface area contributed by atoms with Gasteiger partial charge in [-0.2, -0.15) is 5.10 Å². The number of thiol groups is 2.